The molecule has 1 atom stereocenters. The van der Waals surface area contributed by atoms with Crippen LogP contribution >= 0.6 is 11.8 Å². The van der Waals surface area contributed by atoms with Crippen LogP contribution in [-0.2, 0) is 0 Å². The summed E-state index contributed by atoms with van der Waals surface area (Å²) < 4.78 is 4.97. The van der Waals surface area contributed by atoms with E-state index in [-0.39, 0.29) is 0 Å². The van der Waals surface area contributed by atoms with Crippen LogP contribution in [0.5, 0.6) is 0 Å². The SMILES string of the molecule is Cc1ccc(-n2c(-c3cccc4ccccc34)cc3ccc(-c4ccc5cc(-c6ccccc6)n(C6=CC=C7Sc8ccccc8C7C6)c5c4)cc32)cc1. The third-order valence-corrected chi connectivity index (χ3v) is 12.6. The van der Waals surface area contributed by atoms with Gasteiger partial charge in [-0.05, 0) is 106 Å². The number of allylic oxidation sites excluding steroid dienone is 4. The van der Waals surface area contributed by atoms with Crippen LogP contribution in [0.15, 0.2) is 192 Å². The van der Waals surface area contributed by atoms with Crippen LogP contribution in [0.3, 0.4) is 0 Å². The van der Waals surface area contributed by atoms with Crippen LogP contribution in [-0.4, -0.2) is 9.13 Å². The van der Waals surface area contributed by atoms with Gasteiger partial charge in [0.25, 0.3) is 0 Å². The molecule has 1 aliphatic heterocycles. The molecule has 0 spiro atoms. The maximum atomic E-state index is 2.53. The molecule has 7 aromatic carbocycles. The molecular weight excluding hydrogens is 673 g/mol. The van der Waals surface area contributed by atoms with Crippen molar-refractivity contribution >= 4 is 50.0 Å². The fraction of sp³-hybridized carbons (Fsp3) is 0.0588. The Morgan fingerprint density at radius 2 is 1.20 bits per heavy atom. The van der Waals surface area contributed by atoms with Gasteiger partial charge >= 0.3 is 0 Å². The van der Waals surface area contributed by atoms with Crippen molar-refractivity contribution in [2.45, 2.75) is 24.2 Å². The molecule has 0 N–H and O–H groups in total. The van der Waals surface area contributed by atoms with Crippen LogP contribution in [0, 0.1) is 6.92 Å². The predicted molar refractivity (Wildman–Crippen MR) is 229 cm³/mol. The molecule has 2 nitrogen and oxygen atoms in total. The van der Waals surface area contributed by atoms with E-state index < -0.39 is 0 Å². The van der Waals surface area contributed by atoms with Gasteiger partial charge in [-0.2, -0.15) is 0 Å². The summed E-state index contributed by atoms with van der Waals surface area (Å²) in [5, 5.41) is 4.98. The van der Waals surface area contributed by atoms with Crippen molar-refractivity contribution in [3.05, 3.63) is 198 Å². The smallest absolute Gasteiger partial charge is 0.0547 e. The van der Waals surface area contributed by atoms with Crippen molar-refractivity contribution in [3.63, 3.8) is 0 Å². The standard InChI is InChI=1S/C51H36N2S/c1-33-18-24-40(25-19-33)52-47-28-36(21-23-39(47)31-49(52)43-16-9-13-34-10-5-6-14-42(34)43)37-20-22-38-30-46(35-11-3-2-4-12-35)53(48(38)29-37)41-26-27-51-45(32-41)44-15-7-8-17-50(44)54-51/h2-31,45H,32H2,1H3. The first-order valence-corrected chi connectivity index (χ1v) is 19.6. The lowest BCUT2D eigenvalue weighted by atomic mass is 9.90. The Hall–Kier alpha value is -6.29. The quantitative estimate of drug-likeness (QED) is 0.173. The summed E-state index contributed by atoms with van der Waals surface area (Å²) in [4.78, 5) is 2.84. The van der Waals surface area contributed by atoms with Crippen LogP contribution in [0.25, 0.3) is 77.6 Å². The van der Waals surface area contributed by atoms with Gasteiger partial charge in [-0.15, -0.1) is 0 Å². The molecule has 0 saturated heterocycles. The first-order chi connectivity index (χ1) is 26.7. The molecule has 11 rings (SSSR count). The zero-order valence-electron chi connectivity index (χ0n) is 29.9. The van der Waals surface area contributed by atoms with Gasteiger partial charge in [0, 0.05) is 38.5 Å². The van der Waals surface area contributed by atoms with Crippen molar-refractivity contribution in [3.8, 4) is 39.3 Å². The summed E-state index contributed by atoms with van der Waals surface area (Å²) in [6, 6.07) is 62.8. The van der Waals surface area contributed by atoms with E-state index >= 15 is 0 Å². The van der Waals surface area contributed by atoms with Gasteiger partial charge in [-0.25, -0.2) is 0 Å². The Bertz CT molecular complexity index is 2990. The molecule has 0 fully saturated rings. The average molecular weight is 709 g/mol. The molecule has 0 amide bonds. The summed E-state index contributed by atoms with van der Waals surface area (Å²) in [5.41, 5.74) is 14.9. The molecule has 9 aromatic rings. The summed E-state index contributed by atoms with van der Waals surface area (Å²) in [6.07, 6.45) is 5.69. The normalized spacial score (nSPS) is 15.0. The predicted octanol–water partition coefficient (Wildman–Crippen LogP) is 14.1. The summed E-state index contributed by atoms with van der Waals surface area (Å²) in [7, 11) is 0. The molecule has 54 heavy (non-hydrogen) atoms. The molecule has 1 unspecified atom stereocenters. The number of aromatic nitrogens is 2. The number of aryl methyl sites for hydroxylation is 1. The van der Waals surface area contributed by atoms with E-state index in [1.165, 1.54) is 92.8 Å². The molecule has 2 aromatic heterocycles. The van der Waals surface area contributed by atoms with Gasteiger partial charge in [0.05, 0.1) is 22.4 Å². The van der Waals surface area contributed by atoms with Crippen molar-refractivity contribution in [2.75, 3.05) is 0 Å². The van der Waals surface area contributed by atoms with Crippen molar-refractivity contribution in [2.24, 2.45) is 0 Å². The number of hydrogen-bond donors (Lipinski definition) is 0. The Morgan fingerprint density at radius 3 is 2.02 bits per heavy atom. The lowest BCUT2D eigenvalue weighted by Crippen LogP contribution is -2.07. The fourth-order valence-electron chi connectivity index (χ4n) is 8.71. The Balaban J connectivity index is 1.09. The van der Waals surface area contributed by atoms with E-state index in [1.54, 1.807) is 0 Å². The number of benzene rings is 7. The molecule has 0 radical (unpaired) electrons. The minimum absolute atomic E-state index is 0.392. The number of hydrogen-bond acceptors (Lipinski definition) is 1. The summed E-state index contributed by atoms with van der Waals surface area (Å²) in [6.45, 7) is 2.15. The lowest BCUT2D eigenvalue weighted by molar-refractivity contribution is 0.819. The minimum atomic E-state index is 0.392. The van der Waals surface area contributed by atoms with Crippen LogP contribution in [0.1, 0.15) is 23.5 Å². The van der Waals surface area contributed by atoms with Crippen LogP contribution < -0.4 is 0 Å². The first kappa shape index (κ1) is 31.3. The molecular formula is C51H36N2S. The first-order valence-electron chi connectivity index (χ1n) is 18.8. The molecule has 1 aliphatic carbocycles. The number of rotatable bonds is 5. The minimum Gasteiger partial charge on any atom is -0.313 e. The molecule has 2 aliphatic rings. The van der Waals surface area contributed by atoms with E-state index in [4.69, 9.17) is 0 Å². The summed E-state index contributed by atoms with van der Waals surface area (Å²) in [5.74, 6) is 0.392. The van der Waals surface area contributed by atoms with Crippen LogP contribution in [0.4, 0.5) is 0 Å². The maximum absolute atomic E-state index is 2.53. The zero-order valence-corrected chi connectivity index (χ0v) is 30.7. The van der Waals surface area contributed by atoms with Crippen molar-refractivity contribution in [1.29, 1.82) is 0 Å². The number of thioether (sulfide) groups is 1. The van der Waals surface area contributed by atoms with Gasteiger partial charge in [0.2, 0.25) is 0 Å². The number of fused-ring (bicyclic) bond motifs is 6. The maximum Gasteiger partial charge on any atom is 0.0547 e. The Kier molecular flexibility index (Phi) is 7.18. The molecule has 3 heterocycles. The van der Waals surface area contributed by atoms with Crippen LogP contribution in [0.2, 0.25) is 0 Å². The highest BCUT2D eigenvalue weighted by Crippen LogP contribution is 2.53. The molecule has 0 saturated carbocycles. The van der Waals surface area contributed by atoms with Crippen molar-refractivity contribution in [1.82, 2.24) is 9.13 Å². The molecule has 3 heteroatoms. The third-order valence-electron chi connectivity index (χ3n) is 11.4. The second-order valence-corrected chi connectivity index (χ2v) is 15.7. The highest BCUT2D eigenvalue weighted by Gasteiger charge is 2.31. The van der Waals surface area contributed by atoms with Gasteiger partial charge in [0.15, 0.2) is 0 Å². The lowest BCUT2D eigenvalue weighted by Gasteiger charge is -2.23. The summed E-state index contributed by atoms with van der Waals surface area (Å²) >= 11 is 1.93. The largest absolute Gasteiger partial charge is 0.313 e. The number of nitrogens with zero attached hydrogens (tertiary/aromatic N) is 2. The van der Waals surface area contributed by atoms with Gasteiger partial charge in [-0.3, -0.25) is 0 Å². The highest BCUT2D eigenvalue weighted by molar-refractivity contribution is 8.03. The zero-order chi connectivity index (χ0) is 35.8. The second kappa shape index (κ2) is 12.4. The topological polar surface area (TPSA) is 9.86 Å². The van der Waals surface area contributed by atoms with E-state index in [2.05, 4.69) is 198 Å². The van der Waals surface area contributed by atoms with E-state index in [1.807, 2.05) is 11.8 Å². The second-order valence-electron chi connectivity index (χ2n) is 14.6. The van der Waals surface area contributed by atoms with E-state index in [0.29, 0.717) is 5.92 Å². The molecule has 0 bridgehead atoms. The van der Waals surface area contributed by atoms with Gasteiger partial charge < -0.3 is 9.13 Å². The van der Waals surface area contributed by atoms with Gasteiger partial charge in [-0.1, -0.05) is 145 Å². The van der Waals surface area contributed by atoms with E-state index in [9.17, 15) is 0 Å². The monoisotopic (exact) mass is 708 g/mol. The molecule has 256 valence electrons. The van der Waals surface area contributed by atoms with Gasteiger partial charge in [0.1, 0.15) is 0 Å². The van der Waals surface area contributed by atoms with Crippen molar-refractivity contribution < 1.29 is 0 Å². The Morgan fingerprint density at radius 1 is 0.519 bits per heavy atom. The fourth-order valence-corrected chi connectivity index (χ4v) is 9.92. The van der Waals surface area contributed by atoms with E-state index in [0.717, 1.165) is 12.1 Å². The Labute approximate surface area is 319 Å². The average Bonchev–Trinajstić information content (AvgIpc) is 3.92. The third kappa shape index (κ3) is 5.04. The highest BCUT2D eigenvalue weighted by atomic mass is 32.2.